The maximum atomic E-state index is 13.8. The zero-order valence-electron chi connectivity index (χ0n) is 11.7. The van der Waals surface area contributed by atoms with Gasteiger partial charge in [0.2, 0.25) is 0 Å². The van der Waals surface area contributed by atoms with E-state index in [4.69, 9.17) is 10.5 Å². The van der Waals surface area contributed by atoms with E-state index in [0.29, 0.717) is 18.4 Å². The molecule has 1 heterocycles. The van der Waals surface area contributed by atoms with Crippen LogP contribution >= 0.6 is 0 Å². The van der Waals surface area contributed by atoms with Gasteiger partial charge in [-0.05, 0) is 45.8 Å². The summed E-state index contributed by atoms with van der Waals surface area (Å²) in [6.07, 6.45) is 3.38. The lowest BCUT2D eigenvalue weighted by molar-refractivity contribution is 0.226. The topological polar surface area (TPSA) is 38.5 Å². The predicted molar refractivity (Wildman–Crippen MR) is 74.8 cm³/mol. The molecule has 1 fully saturated rings. The molecule has 0 radical (unpaired) electrons. The van der Waals surface area contributed by atoms with Crippen molar-refractivity contribution in [3.63, 3.8) is 0 Å². The number of hydrogen-bond donors (Lipinski definition) is 1. The number of hydrogen-bond acceptors (Lipinski definition) is 3. The van der Waals surface area contributed by atoms with Gasteiger partial charge in [0.05, 0.1) is 6.61 Å². The van der Waals surface area contributed by atoms with Crippen molar-refractivity contribution in [1.29, 1.82) is 0 Å². The van der Waals surface area contributed by atoms with Crippen LogP contribution in [0.3, 0.4) is 0 Å². The van der Waals surface area contributed by atoms with Crippen LogP contribution in [0.5, 0.6) is 5.75 Å². The van der Waals surface area contributed by atoms with Crippen molar-refractivity contribution in [3.8, 4) is 5.75 Å². The fourth-order valence-corrected chi connectivity index (χ4v) is 2.68. The van der Waals surface area contributed by atoms with Gasteiger partial charge >= 0.3 is 0 Å². The molecule has 1 aliphatic rings. The third kappa shape index (κ3) is 3.45. The van der Waals surface area contributed by atoms with Crippen LogP contribution in [0, 0.1) is 5.82 Å². The van der Waals surface area contributed by atoms with Crippen molar-refractivity contribution in [3.05, 3.63) is 29.6 Å². The highest BCUT2D eigenvalue weighted by molar-refractivity contribution is 5.36. The molecule has 0 bridgehead atoms. The molecule has 1 aromatic carbocycles. The number of benzene rings is 1. The molecule has 2 N–H and O–H groups in total. The fraction of sp³-hybridized carbons (Fsp3) is 0.600. The van der Waals surface area contributed by atoms with Crippen molar-refractivity contribution in [2.24, 2.45) is 5.73 Å². The second-order valence-electron chi connectivity index (χ2n) is 5.36. The maximum Gasteiger partial charge on any atom is 0.165 e. The summed E-state index contributed by atoms with van der Waals surface area (Å²) in [6, 6.07) is 5.25. The summed E-state index contributed by atoms with van der Waals surface area (Å²) in [6.45, 7) is 3.53. The lowest BCUT2D eigenvalue weighted by Crippen LogP contribution is -2.26. The molecule has 4 heteroatoms. The van der Waals surface area contributed by atoms with Gasteiger partial charge in [-0.1, -0.05) is 12.1 Å². The number of rotatable bonds is 5. The van der Waals surface area contributed by atoms with E-state index >= 15 is 0 Å². The zero-order chi connectivity index (χ0) is 13.8. The van der Waals surface area contributed by atoms with Gasteiger partial charge < -0.3 is 15.4 Å². The highest BCUT2D eigenvalue weighted by Crippen LogP contribution is 2.27. The van der Waals surface area contributed by atoms with Crippen LogP contribution in [-0.4, -0.2) is 31.1 Å². The van der Waals surface area contributed by atoms with Crippen LogP contribution in [0.1, 0.15) is 37.8 Å². The quantitative estimate of drug-likeness (QED) is 0.890. The van der Waals surface area contributed by atoms with E-state index in [-0.39, 0.29) is 11.9 Å². The lowest BCUT2D eigenvalue weighted by atomic mass is 10.1. The molecule has 1 aromatic rings. The van der Waals surface area contributed by atoms with Crippen LogP contribution < -0.4 is 10.5 Å². The average Bonchev–Trinajstić information content (AvgIpc) is 2.77. The Kier molecular flexibility index (Phi) is 4.77. The Morgan fingerprint density at radius 2 is 2.32 bits per heavy atom. The Morgan fingerprint density at radius 1 is 1.53 bits per heavy atom. The minimum absolute atomic E-state index is 0.222. The zero-order valence-corrected chi connectivity index (χ0v) is 11.7. The van der Waals surface area contributed by atoms with Gasteiger partial charge in [-0.3, -0.25) is 0 Å². The number of likely N-dealkylation sites (tertiary alicyclic amines) is 1. The maximum absolute atomic E-state index is 13.8. The summed E-state index contributed by atoms with van der Waals surface area (Å²) in [7, 11) is 2.13. The molecule has 0 aromatic heterocycles. The SMILES string of the molecule is C[C@@H](N)c1cccc(F)c1OCCC1CCCN1C. The minimum Gasteiger partial charge on any atom is -0.490 e. The van der Waals surface area contributed by atoms with E-state index < -0.39 is 0 Å². The third-order valence-corrected chi connectivity index (χ3v) is 3.86. The molecule has 1 saturated heterocycles. The molecule has 3 nitrogen and oxygen atoms in total. The Labute approximate surface area is 114 Å². The molecule has 2 atom stereocenters. The van der Waals surface area contributed by atoms with Crippen molar-refractivity contribution < 1.29 is 9.13 Å². The Bertz CT molecular complexity index is 423. The number of nitrogens with zero attached hydrogens (tertiary/aromatic N) is 1. The minimum atomic E-state index is -0.324. The van der Waals surface area contributed by atoms with Gasteiger partial charge in [0.1, 0.15) is 0 Å². The standard InChI is InChI=1S/C15H23FN2O/c1-11(17)13-6-3-7-14(16)15(13)19-10-8-12-5-4-9-18(12)2/h3,6-7,11-12H,4-5,8-10,17H2,1-2H3/t11-,12?/m1/s1. The normalized spacial score (nSPS) is 21.6. The van der Waals surface area contributed by atoms with Gasteiger partial charge in [-0.15, -0.1) is 0 Å². The van der Waals surface area contributed by atoms with Crippen LogP contribution in [0.4, 0.5) is 4.39 Å². The Hall–Kier alpha value is -1.13. The van der Waals surface area contributed by atoms with Gasteiger partial charge in [0.15, 0.2) is 11.6 Å². The van der Waals surface area contributed by atoms with Crippen LogP contribution in [0.25, 0.3) is 0 Å². The van der Waals surface area contributed by atoms with Gasteiger partial charge in [0, 0.05) is 17.6 Å². The molecule has 19 heavy (non-hydrogen) atoms. The molecule has 0 spiro atoms. The average molecular weight is 266 g/mol. The summed E-state index contributed by atoms with van der Waals surface area (Å²) in [4.78, 5) is 2.34. The van der Waals surface area contributed by atoms with E-state index in [1.165, 1.54) is 18.9 Å². The van der Waals surface area contributed by atoms with E-state index in [0.717, 1.165) is 18.5 Å². The van der Waals surface area contributed by atoms with E-state index in [1.54, 1.807) is 6.07 Å². The smallest absolute Gasteiger partial charge is 0.165 e. The molecular formula is C15H23FN2O. The predicted octanol–water partition coefficient (Wildman–Crippen LogP) is 2.71. The molecule has 2 rings (SSSR count). The van der Waals surface area contributed by atoms with Crippen molar-refractivity contribution >= 4 is 0 Å². The first-order valence-corrected chi connectivity index (χ1v) is 6.96. The number of ether oxygens (including phenoxy) is 1. The molecule has 1 aliphatic heterocycles. The molecule has 0 aliphatic carbocycles. The number of para-hydroxylation sites is 1. The molecule has 1 unspecified atom stereocenters. The molecule has 0 saturated carbocycles. The van der Waals surface area contributed by atoms with Gasteiger partial charge in [-0.25, -0.2) is 4.39 Å². The Morgan fingerprint density at radius 3 is 2.95 bits per heavy atom. The lowest BCUT2D eigenvalue weighted by Gasteiger charge is -2.20. The van der Waals surface area contributed by atoms with Crippen molar-refractivity contribution in [2.45, 2.75) is 38.3 Å². The number of nitrogens with two attached hydrogens (primary N) is 1. The first-order chi connectivity index (χ1) is 9.09. The summed E-state index contributed by atoms with van der Waals surface area (Å²) >= 11 is 0. The van der Waals surface area contributed by atoms with E-state index in [2.05, 4.69) is 11.9 Å². The molecular weight excluding hydrogens is 243 g/mol. The van der Waals surface area contributed by atoms with Crippen LogP contribution in [0.2, 0.25) is 0 Å². The molecule has 0 amide bonds. The fourth-order valence-electron chi connectivity index (χ4n) is 2.68. The summed E-state index contributed by atoms with van der Waals surface area (Å²) in [5.41, 5.74) is 6.58. The summed E-state index contributed by atoms with van der Waals surface area (Å²) in [5.74, 6) is -0.00673. The van der Waals surface area contributed by atoms with Crippen molar-refractivity contribution in [2.75, 3.05) is 20.2 Å². The van der Waals surface area contributed by atoms with Gasteiger partial charge in [-0.2, -0.15) is 0 Å². The number of halogens is 1. The second kappa shape index (κ2) is 6.35. The first kappa shape index (κ1) is 14.3. The summed E-state index contributed by atoms with van der Waals surface area (Å²) in [5, 5.41) is 0. The highest BCUT2D eigenvalue weighted by atomic mass is 19.1. The first-order valence-electron chi connectivity index (χ1n) is 6.96. The molecule has 106 valence electrons. The second-order valence-corrected chi connectivity index (χ2v) is 5.36. The van der Waals surface area contributed by atoms with E-state index in [9.17, 15) is 4.39 Å². The van der Waals surface area contributed by atoms with Crippen LogP contribution in [-0.2, 0) is 0 Å². The van der Waals surface area contributed by atoms with E-state index in [1.807, 2.05) is 13.0 Å². The van der Waals surface area contributed by atoms with Crippen molar-refractivity contribution in [1.82, 2.24) is 4.90 Å². The van der Waals surface area contributed by atoms with Gasteiger partial charge in [0.25, 0.3) is 0 Å². The third-order valence-electron chi connectivity index (χ3n) is 3.86. The highest BCUT2D eigenvalue weighted by Gasteiger charge is 2.21. The monoisotopic (exact) mass is 266 g/mol. The summed E-state index contributed by atoms with van der Waals surface area (Å²) < 4.78 is 19.5. The van der Waals surface area contributed by atoms with Crippen LogP contribution in [0.15, 0.2) is 18.2 Å². The Balaban J connectivity index is 1.95. The largest absolute Gasteiger partial charge is 0.490 e.